The standard InChI is InChI=1S/C16H21ClN2S/c1-4-5-15(13-6-8-14(17)9-7-13)19-12(3)16-18-10-11(2)20-16/h6-10,12,15,19H,4-5H2,1-3H3. The molecule has 0 aliphatic heterocycles. The van der Waals surface area contributed by atoms with Gasteiger partial charge in [-0.2, -0.15) is 0 Å². The minimum absolute atomic E-state index is 0.265. The lowest BCUT2D eigenvalue weighted by molar-refractivity contribution is 0.438. The molecule has 2 rings (SSSR count). The van der Waals surface area contributed by atoms with E-state index in [0.717, 1.165) is 22.9 Å². The quantitative estimate of drug-likeness (QED) is 0.783. The molecule has 108 valence electrons. The van der Waals surface area contributed by atoms with Gasteiger partial charge in [0.15, 0.2) is 0 Å². The minimum atomic E-state index is 0.265. The third-order valence-electron chi connectivity index (χ3n) is 3.31. The maximum atomic E-state index is 5.97. The maximum Gasteiger partial charge on any atom is 0.109 e. The van der Waals surface area contributed by atoms with Crippen molar-refractivity contribution in [2.45, 2.75) is 45.7 Å². The zero-order chi connectivity index (χ0) is 14.5. The Morgan fingerprint density at radius 2 is 2.00 bits per heavy atom. The summed E-state index contributed by atoms with van der Waals surface area (Å²) in [5.41, 5.74) is 1.29. The van der Waals surface area contributed by atoms with Gasteiger partial charge < -0.3 is 5.32 Å². The normalized spacial score (nSPS) is 14.2. The van der Waals surface area contributed by atoms with Crippen molar-refractivity contribution in [2.24, 2.45) is 0 Å². The lowest BCUT2D eigenvalue weighted by Crippen LogP contribution is -2.24. The van der Waals surface area contributed by atoms with Crippen molar-refractivity contribution in [3.8, 4) is 0 Å². The van der Waals surface area contributed by atoms with Crippen molar-refractivity contribution < 1.29 is 0 Å². The number of benzene rings is 1. The molecule has 2 unspecified atom stereocenters. The number of aromatic nitrogens is 1. The first kappa shape index (κ1) is 15.5. The van der Waals surface area contributed by atoms with Gasteiger partial charge in [-0.15, -0.1) is 11.3 Å². The number of nitrogens with one attached hydrogen (secondary N) is 1. The highest BCUT2D eigenvalue weighted by Crippen LogP contribution is 2.26. The molecule has 0 fully saturated rings. The van der Waals surface area contributed by atoms with E-state index < -0.39 is 0 Å². The average molecular weight is 309 g/mol. The van der Waals surface area contributed by atoms with Crippen LogP contribution in [0.15, 0.2) is 30.5 Å². The summed E-state index contributed by atoms with van der Waals surface area (Å²) in [6, 6.07) is 8.74. The Bertz CT molecular complexity index is 536. The number of thiazole rings is 1. The van der Waals surface area contributed by atoms with Crippen LogP contribution in [-0.2, 0) is 0 Å². The highest BCUT2D eigenvalue weighted by atomic mass is 35.5. The first-order valence-corrected chi connectivity index (χ1v) is 8.23. The molecule has 2 nitrogen and oxygen atoms in total. The van der Waals surface area contributed by atoms with Gasteiger partial charge in [-0.05, 0) is 38.0 Å². The number of hydrogen-bond acceptors (Lipinski definition) is 3. The second kappa shape index (κ2) is 7.21. The number of halogens is 1. The van der Waals surface area contributed by atoms with Crippen molar-refractivity contribution in [2.75, 3.05) is 0 Å². The van der Waals surface area contributed by atoms with Gasteiger partial charge in [-0.1, -0.05) is 37.1 Å². The zero-order valence-electron chi connectivity index (χ0n) is 12.2. The van der Waals surface area contributed by atoms with Crippen LogP contribution in [0, 0.1) is 6.92 Å². The zero-order valence-corrected chi connectivity index (χ0v) is 13.8. The predicted molar refractivity (Wildman–Crippen MR) is 87.5 cm³/mol. The molecule has 20 heavy (non-hydrogen) atoms. The summed E-state index contributed by atoms with van der Waals surface area (Å²) in [5.74, 6) is 0. The van der Waals surface area contributed by atoms with Gasteiger partial charge >= 0.3 is 0 Å². The summed E-state index contributed by atoms with van der Waals surface area (Å²) in [5, 5.41) is 5.62. The van der Waals surface area contributed by atoms with Crippen LogP contribution in [0.5, 0.6) is 0 Å². The molecule has 1 N–H and O–H groups in total. The highest BCUT2D eigenvalue weighted by Gasteiger charge is 2.16. The Morgan fingerprint density at radius 1 is 1.30 bits per heavy atom. The molecule has 0 spiro atoms. The van der Waals surface area contributed by atoms with Gasteiger partial charge in [0.05, 0.1) is 6.04 Å². The Morgan fingerprint density at radius 3 is 2.55 bits per heavy atom. The van der Waals surface area contributed by atoms with Crippen LogP contribution in [0.2, 0.25) is 5.02 Å². The van der Waals surface area contributed by atoms with Gasteiger partial charge in [0.25, 0.3) is 0 Å². The Labute approximate surface area is 130 Å². The number of rotatable bonds is 6. The fourth-order valence-corrected chi connectivity index (χ4v) is 3.19. The lowest BCUT2D eigenvalue weighted by atomic mass is 10.0. The molecular formula is C16H21ClN2S. The molecule has 4 heteroatoms. The van der Waals surface area contributed by atoms with Crippen molar-refractivity contribution in [1.82, 2.24) is 10.3 Å². The summed E-state index contributed by atoms with van der Waals surface area (Å²) < 4.78 is 0. The first-order valence-electron chi connectivity index (χ1n) is 7.04. The summed E-state index contributed by atoms with van der Waals surface area (Å²) in [7, 11) is 0. The molecule has 0 bridgehead atoms. The van der Waals surface area contributed by atoms with Crippen LogP contribution in [0.1, 0.15) is 54.2 Å². The van der Waals surface area contributed by atoms with Crippen molar-refractivity contribution in [3.63, 3.8) is 0 Å². The topological polar surface area (TPSA) is 24.9 Å². The predicted octanol–water partition coefficient (Wildman–Crippen LogP) is 5.30. The maximum absolute atomic E-state index is 5.97. The second-order valence-electron chi connectivity index (χ2n) is 5.09. The molecule has 0 aliphatic carbocycles. The average Bonchev–Trinajstić information content (AvgIpc) is 2.86. The van der Waals surface area contributed by atoms with E-state index in [-0.39, 0.29) is 6.04 Å². The number of aryl methyl sites for hydroxylation is 1. The van der Waals surface area contributed by atoms with Crippen molar-refractivity contribution >= 4 is 22.9 Å². The van der Waals surface area contributed by atoms with E-state index >= 15 is 0 Å². The van der Waals surface area contributed by atoms with E-state index in [1.54, 1.807) is 11.3 Å². The molecular weight excluding hydrogens is 288 g/mol. The third-order valence-corrected chi connectivity index (χ3v) is 4.66. The molecule has 2 atom stereocenters. The Balaban J connectivity index is 2.10. The van der Waals surface area contributed by atoms with Crippen LogP contribution >= 0.6 is 22.9 Å². The van der Waals surface area contributed by atoms with Crippen molar-refractivity contribution in [1.29, 1.82) is 0 Å². The Kier molecular flexibility index (Phi) is 5.58. The van der Waals surface area contributed by atoms with Crippen LogP contribution in [0.25, 0.3) is 0 Å². The molecule has 2 aromatic rings. The molecule has 0 amide bonds. The van der Waals surface area contributed by atoms with Gasteiger partial charge in [0, 0.05) is 22.1 Å². The number of hydrogen-bond donors (Lipinski definition) is 1. The van der Waals surface area contributed by atoms with Crippen LogP contribution in [0.4, 0.5) is 0 Å². The van der Waals surface area contributed by atoms with Crippen LogP contribution in [0.3, 0.4) is 0 Å². The van der Waals surface area contributed by atoms with Gasteiger partial charge in [0.2, 0.25) is 0 Å². The van der Waals surface area contributed by atoms with Gasteiger partial charge in [-0.3, -0.25) is 0 Å². The van der Waals surface area contributed by atoms with E-state index in [1.165, 1.54) is 10.4 Å². The van der Waals surface area contributed by atoms with Crippen LogP contribution in [-0.4, -0.2) is 4.98 Å². The summed E-state index contributed by atoms with van der Waals surface area (Å²) in [6.07, 6.45) is 4.19. The van der Waals surface area contributed by atoms with E-state index in [2.05, 4.69) is 43.2 Å². The molecule has 0 saturated heterocycles. The SMILES string of the molecule is CCCC(NC(C)c1ncc(C)s1)c1ccc(Cl)cc1. The lowest BCUT2D eigenvalue weighted by Gasteiger charge is -2.22. The highest BCUT2D eigenvalue weighted by molar-refractivity contribution is 7.11. The summed E-state index contributed by atoms with van der Waals surface area (Å²) >= 11 is 7.73. The summed E-state index contributed by atoms with van der Waals surface area (Å²) in [6.45, 7) is 6.48. The molecule has 0 aliphatic rings. The largest absolute Gasteiger partial charge is 0.301 e. The van der Waals surface area contributed by atoms with Gasteiger partial charge in [-0.25, -0.2) is 4.98 Å². The van der Waals surface area contributed by atoms with E-state index in [1.807, 2.05) is 18.3 Å². The minimum Gasteiger partial charge on any atom is -0.301 e. The summed E-state index contributed by atoms with van der Waals surface area (Å²) in [4.78, 5) is 5.73. The van der Waals surface area contributed by atoms with Crippen molar-refractivity contribution in [3.05, 3.63) is 50.9 Å². The van der Waals surface area contributed by atoms with Gasteiger partial charge in [0.1, 0.15) is 5.01 Å². The molecule has 0 radical (unpaired) electrons. The van der Waals surface area contributed by atoms with Crippen LogP contribution < -0.4 is 5.32 Å². The Hall–Kier alpha value is -0.900. The molecule has 1 aromatic heterocycles. The fraction of sp³-hybridized carbons (Fsp3) is 0.438. The monoisotopic (exact) mass is 308 g/mol. The third kappa shape index (κ3) is 4.05. The fourth-order valence-electron chi connectivity index (χ4n) is 2.28. The molecule has 0 saturated carbocycles. The molecule has 1 heterocycles. The van der Waals surface area contributed by atoms with E-state index in [9.17, 15) is 0 Å². The molecule has 1 aromatic carbocycles. The first-order chi connectivity index (χ1) is 9.60. The number of nitrogens with zero attached hydrogens (tertiary/aromatic N) is 1. The smallest absolute Gasteiger partial charge is 0.109 e. The second-order valence-corrected chi connectivity index (χ2v) is 6.79. The van der Waals surface area contributed by atoms with E-state index in [0.29, 0.717) is 6.04 Å². The van der Waals surface area contributed by atoms with E-state index in [4.69, 9.17) is 11.6 Å².